The van der Waals surface area contributed by atoms with Gasteiger partial charge < -0.3 is 15.7 Å². The van der Waals surface area contributed by atoms with Gasteiger partial charge in [0, 0.05) is 25.7 Å². The van der Waals surface area contributed by atoms with Crippen molar-refractivity contribution >= 4 is 21.7 Å². The zero-order chi connectivity index (χ0) is 14.8. The van der Waals surface area contributed by atoms with E-state index in [0.29, 0.717) is 26.1 Å². The van der Waals surface area contributed by atoms with Crippen LogP contribution in [0.1, 0.15) is 6.42 Å². The lowest BCUT2D eigenvalue weighted by Crippen LogP contribution is -2.57. The first-order valence-corrected chi connectivity index (χ1v) is 8.37. The van der Waals surface area contributed by atoms with Crippen LogP contribution < -0.4 is 10.6 Å². The average Bonchev–Trinajstić information content (AvgIpc) is 2.68. The van der Waals surface area contributed by atoms with E-state index in [0.717, 1.165) is 0 Å². The Balaban J connectivity index is 1.86. The molecule has 2 fully saturated rings. The standard InChI is InChI=1S/C11H19N3O5S/c15-10(13-8-1-4-20(18,19)7-8)6-14-3-2-12-5-9(14)11(16)17/h8-9,12H,1-7H2,(H,13,15)(H,16,17). The second kappa shape index (κ2) is 6.06. The van der Waals surface area contributed by atoms with Gasteiger partial charge in [-0.1, -0.05) is 0 Å². The molecular weight excluding hydrogens is 286 g/mol. The Labute approximate surface area is 117 Å². The highest BCUT2D eigenvalue weighted by Gasteiger charge is 2.32. The number of rotatable bonds is 4. The molecule has 0 radical (unpaired) electrons. The zero-order valence-corrected chi connectivity index (χ0v) is 11.9. The van der Waals surface area contributed by atoms with E-state index in [1.54, 1.807) is 4.90 Å². The van der Waals surface area contributed by atoms with Gasteiger partial charge in [-0.3, -0.25) is 14.5 Å². The van der Waals surface area contributed by atoms with Gasteiger partial charge in [-0.2, -0.15) is 0 Å². The minimum atomic E-state index is -3.03. The summed E-state index contributed by atoms with van der Waals surface area (Å²) in [6.45, 7) is 1.40. The van der Waals surface area contributed by atoms with Crippen molar-refractivity contribution in [1.82, 2.24) is 15.5 Å². The van der Waals surface area contributed by atoms with Gasteiger partial charge >= 0.3 is 5.97 Å². The van der Waals surface area contributed by atoms with Crippen molar-refractivity contribution in [2.24, 2.45) is 0 Å². The fourth-order valence-corrected chi connectivity index (χ4v) is 4.22. The van der Waals surface area contributed by atoms with E-state index in [-0.39, 0.29) is 30.0 Å². The number of sulfone groups is 1. The molecule has 2 heterocycles. The monoisotopic (exact) mass is 305 g/mol. The van der Waals surface area contributed by atoms with Crippen LogP contribution in [0.4, 0.5) is 0 Å². The molecule has 0 saturated carbocycles. The van der Waals surface area contributed by atoms with E-state index in [9.17, 15) is 18.0 Å². The molecule has 2 aliphatic heterocycles. The third-order valence-corrected chi connectivity index (χ3v) is 5.35. The number of carbonyl (C=O) groups is 2. The Kier molecular flexibility index (Phi) is 4.61. The van der Waals surface area contributed by atoms with E-state index >= 15 is 0 Å². The summed E-state index contributed by atoms with van der Waals surface area (Å²) in [7, 11) is -3.03. The number of nitrogens with one attached hydrogen (secondary N) is 2. The van der Waals surface area contributed by atoms with Crippen molar-refractivity contribution in [2.75, 3.05) is 37.7 Å². The molecule has 0 aromatic carbocycles. The summed E-state index contributed by atoms with van der Waals surface area (Å²) in [5.74, 6) is -1.21. The van der Waals surface area contributed by atoms with Gasteiger partial charge in [-0.15, -0.1) is 0 Å². The van der Waals surface area contributed by atoms with Crippen LogP contribution in [0.15, 0.2) is 0 Å². The Morgan fingerprint density at radius 2 is 2.15 bits per heavy atom. The van der Waals surface area contributed by atoms with Crippen LogP contribution in [0.3, 0.4) is 0 Å². The summed E-state index contributed by atoms with van der Waals surface area (Å²) in [5.41, 5.74) is 0. The van der Waals surface area contributed by atoms with Crippen LogP contribution in [-0.2, 0) is 19.4 Å². The summed E-state index contributed by atoms with van der Waals surface area (Å²) in [5, 5.41) is 14.7. The van der Waals surface area contributed by atoms with Gasteiger partial charge in [0.1, 0.15) is 6.04 Å². The summed E-state index contributed by atoms with van der Waals surface area (Å²) in [6.07, 6.45) is 0.429. The number of carboxylic acid groups (broad SMARTS) is 1. The number of carbonyl (C=O) groups excluding carboxylic acids is 1. The van der Waals surface area contributed by atoms with Crippen LogP contribution >= 0.6 is 0 Å². The summed E-state index contributed by atoms with van der Waals surface area (Å²) >= 11 is 0. The molecule has 0 aromatic rings. The van der Waals surface area contributed by atoms with Gasteiger partial charge in [0.25, 0.3) is 0 Å². The van der Waals surface area contributed by atoms with E-state index < -0.39 is 21.8 Å². The second-order valence-corrected chi connectivity index (χ2v) is 7.42. The number of hydrogen-bond donors (Lipinski definition) is 3. The molecule has 0 aliphatic carbocycles. The summed E-state index contributed by atoms with van der Waals surface area (Å²) < 4.78 is 22.6. The molecule has 9 heteroatoms. The highest BCUT2D eigenvalue weighted by atomic mass is 32.2. The Morgan fingerprint density at radius 3 is 2.75 bits per heavy atom. The lowest BCUT2D eigenvalue weighted by Gasteiger charge is -2.32. The molecule has 2 saturated heterocycles. The predicted molar refractivity (Wildman–Crippen MR) is 71.1 cm³/mol. The maximum Gasteiger partial charge on any atom is 0.322 e. The molecule has 2 aliphatic rings. The molecular formula is C11H19N3O5S. The largest absolute Gasteiger partial charge is 0.480 e. The highest BCUT2D eigenvalue weighted by Crippen LogP contribution is 2.11. The average molecular weight is 305 g/mol. The molecule has 114 valence electrons. The number of hydrogen-bond acceptors (Lipinski definition) is 6. The van der Waals surface area contributed by atoms with Crippen LogP contribution in [-0.4, -0.2) is 80.1 Å². The number of amides is 1. The van der Waals surface area contributed by atoms with Crippen LogP contribution in [0.5, 0.6) is 0 Å². The maximum atomic E-state index is 11.9. The maximum absolute atomic E-state index is 11.9. The minimum Gasteiger partial charge on any atom is -0.480 e. The zero-order valence-electron chi connectivity index (χ0n) is 11.0. The van der Waals surface area contributed by atoms with Crippen molar-refractivity contribution in [3.8, 4) is 0 Å². The molecule has 8 nitrogen and oxygen atoms in total. The smallest absolute Gasteiger partial charge is 0.322 e. The molecule has 0 spiro atoms. The third kappa shape index (κ3) is 3.90. The van der Waals surface area contributed by atoms with Gasteiger partial charge in [-0.05, 0) is 6.42 Å². The Hall–Kier alpha value is -1.19. The molecule has 1 amide bonds. The van der Waals surface area contributed by atoms with Crippen LogP contribution in [0, 0.1) is 0 Å². The fraction of sp³-hybridized carbons (Fsp3) is 0.818. The molecule has 2 rings (SSSR count). The van der Waals surface area contributed by atoms with Gasteiger partial charge in [0.15, 0.2) is 9.84 Å². The molecule has 20 heavy (non-hydrogen) atoms. The Morgan fingerprint density at radius 1 is 1.40 bits per heavy atom. The van der Waals surface area contributed by atoms with E-state index in [1.165, 1.54) is 0 Å². The highest BCUT2D eigenvalue weighted by molar-refractivity contribution is 7.91. The molecule has 0 bridgehead atoms. The van der Waals surface area contributed by atoms with Crippen molar-refractivity contribution in [1.29, 1.82) is 0 Å². The van der Waals surface area contributed by atoms with Gasteiger partial charge in [0.05, 0.1) is 18.1 Å². The number of aliphatic carboxylic acids is 1. The lowest BCUT2D eigenvalue weighted by atomic mass is 10.2. The number of nitrogens with zero attached hydrogens (tertiary/aromatic N) is 1. The van der Waals surface area contributed by atoms with Crippen molar-refractivity contribution < 1.29 is 23.1 Å². The first kappa shape index (κ1) is 15.2. The van der Waals surface area contributed by atoms with Crippen molar-refractivity contribution in [3.05, 3.63) is 0 Å². The summed E-state index contributed by atoms with van der Waals surface area (Å²) in [4.78, 5) is 24.6. The van der Waals surface area contributed by atoms with E-state index in [4.69, 9.17) is 5.11 Å². The molecule has 3 N–H and O–H groups in total. The predicted octanol–water partition coefficient (Wildman–Crippen LogP) is -2.35. The third-order valence-electron chi connectivity index (χ3n) is 3.58. The minimum absolute atomic E-state index is 0.0187. The van der Waals surface area contributed by atoms with Crippen LogP contribution in [0.25, 0.3) is 0 Å². The van der Waals surface area contributed by atoms with Gasteiger partial charge in [0.2, 0.25) is 5.91 Å². The van der Waals surface area contributed by atoms with Gasteiger partial charge in [-0.25, -0.2) is 8.42 Å². The summed E-state index contributed by atoms with van der Waals surface area (Å²) in [6, 6.07) is -1.07. The first-order chi connectivity index (χ1) is 9.37. The van der Waals surface area contributed by atoms with Crippen molar-refractivity contribution in [2.45, 2.75) is 18.5 Å². The Bertz CT molecular complexity index is 492. The molecule has 0 aromatic heterocycles. The number of carboxylic acids is 1. The lowest BCUT2D eigenvalue weighted by molar-refractivity contribution is -0.144. The SMILES string of the molecule is O=C(CN1CCNCC1C(=O)O)NC1CCS(=O)(=O)C1. The normalized spacial score (nSPS) is 30.0. The van der Waals surface area contributed by atoms with Crippen molar-refractivity contribution in [3.63, 3.8) is 0 Å². The molecule has 2 unspecified atom stereocenters. The van der Waals surface area contributed by atoms with Crippen LogP contribution in [0.2, 0.25) is 0 Å². The molecule has 2 atom stereocenters. The quantitative estimate of drug-likeness (QED) is 0.532. The second-order valence-electron chi connectivity index (χ2n) is 5.20. The fourth-order valence-electron chi connectivity index (χ4n) is 2.55. The van der Waals surface area contributed by atoms with E-state index in [1.807, 2.05) is 0 Å². The van der Waals surface area contributed by atoms with E-state index in [2.05, 4.69) is 10.6 Å². The number of piperazine rings is 1. The topological polar surface area (TPSA) is 116 Å². The first-order valence-electron chi connectivity index (χ1n) is 6.55.